The molecule has 1 amide bonds. The Kier molecular flexibility index (Phi) is 3.43. The third-order valence-electron chi connectivity index (χ3n) is 4.74. The van der Waals surface area contributed by atoms with Crippen LogP contribution in [0.1, 0.15) is 33.0 Å². The Balaban J connectivity index is 1.53. The second-order valence-electron chi connectivity index (χ2n) is 6.09. The first-order valence-corrected chi connectivity index (χ1v) is 8.42. The molecule has 22 heavy (non-hydrogen) atoms. The van der Waals surface area contributed by atoms with E-state index >= 15 is 0 Å². The standard InChI is InChI=1S/C16H17N3O2S/c20-9-12-5-11-7-17-13(6-15(11)22-12)16(21)18-14-8-19-3-1-10(14)2-4-19/h5-7,9-10,14H,1-4,8H2,(H,18,21). The van der Waals surface area contributed by atoms with Gasteiger partial charge in [0.15, 0.2) is 6.29 Å². The Bertz CT molecular complexity index is 734. The lowest BCUT2D eigenvalue weighted by Gasteiger charge is -2.44. The molecule has 0 saturated carbocycles. The van der Waals surface area contributed by atoms with Gasteiger partial charge in [-0.3, -0.25) is 14.6 Å². The van der Waals surface area contributed by atoms with Crippen molar-refractivity contribution in [2.75, 3.05) is 19.6 Å². The van der Waals surface area contributed by atoms with E-state index in [0.29, 0.717) is 16.5 Å². The minimum Gasteiger partial charge on any atom is -0.346 e. The minimum atomic E-state index is -0.110. The number of carbonyl (C=O) groups excluding carboxylic acids is 2. The fraction of sp³-hybridized carbons (Fsp3) is 0.438. The predicted molar refractivity (Wildman–Crippen MR) is 85.4 cm³/mol. The van der Waals surface area contributed by atoms with Crippen LogP contribution in [0, 0.1) is 5.92 Å². The van der Waals surface area contributed by atoms with Gasteiger partial charge in [-0.2, -0.15) is 0 Å². The molecule has 1 unspecified atom stereocenters. The second-order valence-corrected chi connectivity index (χ2v) is 7.21. The monoisotopic (exact) mass is 315 g/mol. The number of hydrogen-bond donors (Lipinski definition) is 1. The maximum absolute atomic E-state index is 12.5. The van der Waals surface area contributed by atoms with Gasteiger partial charge < -0.3 is 10.2 Å². The number of rotatable bonds is 3. The molecule has 0 aliphatic carbocycles. The van der Waals surface area contributed by atoms with Crippen LogP contribution in [0.4, 0.5) is 0 Å². The molecule has 3 aliphatic heterocycles. The van der Waals surface area contributed by atoms with Crippen molar-refractivity contribution >= 4 is 33.6 Å². The van der Waals surface area contributed by atoms with E-state index in [4.69, 9.17) is 0 Å². The van der Waals surface area contributed by atoms with Crippen LogP contribution in [-0.2, 0) is 0 Å². The van der Waals surface area contributed by atoms with Crippen molar-refractivity contribution in [3.8, 4) is 0 Å². The zero-order chi connectivity index (χ0) is 15.1. The topological polar surface area (TPSA) is 62.3 Å². The maximum Gasteiger partial charge on any atom is 0.270 e. The van der Waals surface area contributed by atoms with Gasteiger partial charge in [0.1, 0.15) is 5.69 Å². The van der Waals surface area contributed by atoms with E-state index in [-0.39, 0.29) is 11.9 Å². The van der Waals surface area contributed by atoms with Gasteiger partial charge in [-0.25, -0.2) is 0 Å². The van der Waals surface area contributed by atoms with E-state index in [0.717, 1.165) is 36.0 Å². The molecule has 2 aromatic rings. The van der Waals surface area contributed by atoms with Crippen molar-refractivity contribution in [1.29, 1.82) is 0 Å². The number of fused-ring (bicyclic) bond motifs is 4. The molecule has 1 atom stereocenters. The van der Waals surface area contributed by atoms with Gasteiger partial charge in [-0.15, -0.1) is 11.3 Å². The number of aldehydes is 1. The van der Waals surface area contributed by atoms with E-state index < -0.39 is 0 Å². The molecule has 3 aliphatic rings. The SMILES string of the molecule is O=Cc1cc2cnc(C(=O)NC3CN4CCC3CC4)cc2s1. The Hall–Kier alpha value is -1.79. The maximum atomic E-state index is 12.5. The molecule has 6 heteroatoms. The van der Waals surface area contributed by atoms with Gasteiger partial charge in [0, 0.05) is 28.9 Å². The summed E-state index contributed by atoms with van der Waals surface area (Å²) >= 11 is 1.39. The summed E-state index contributed by atoms with van der Waals surface area (Å²) in [4.78, 5) is 30.6. The van der Waals surface area contributed by atoms with Crippen LogP contribution < -0.4 is 5.32 Å². The van der Waals surface area contributed by atoms with Gasteiger partial charge in [-0.1, -0.05) is 0 Å². The molecule has 3 fully saturated rings. The molecule has 0 aromatic carbocycles. The Morgan fingerprint density at radius 3 is 2.86 bits per heavy atom. The molecule has 0 spiro atoms. The highest BCUT2D eigenvalue weighted by molar-refractivity contribution is 7.20. The predicted octanol–water partition coefficient (Wildman–Crippen LogP) is 1.93. The van der Waals surface area contributed by atoms with Crippen LogP contribution in [0.5, 0.6) is 0 Å². The summed E-state index contributed by atoms with van der Waals surface area (Å²) < 4.78 is 0.927. The Morgan fingerprint density at radius 2 is 2.18 bits per heavy atom. The van der Waals surface area contributed by atoms with Gasteiger partial charge >= 0.3 is 0 Å². The minimum absolute atomic E-state index is 0.110. The molecule has 2 aromatic heterocycles. The summed E-state index contributed by atoms with van der Waals surface area (Å²) in [6.45, 7) is 3.27. The van der Waals surface area contributed by atoms with Crippen molar-refractivity contribution in [3.63, 3.8) is 0 Å². The number of aromatic nitrogens is 1. The lowest BCUT2D eigenvalue weighted by molar-refractivity contribution is 0.0618. The van der Waals surface area contributed by atoms with Crippen LogP contribution in [-0.4, -0.2) is 47.8 Å². The third kappa shape index (κ3) is 2.42. The molecule has 2 bridgehead atoms. The van der Waals surface area contributed by atoms with E-state index in [9.17, 15) is 9.59 Å². The summed E-state index contributed by atoms with van der Waals surface area (Å²) in [6.07, 6.45) is 4.85. The highest BCUT2D eigenvalue weighted by Crippen LogP contribution is 2.28. The lowest BCUT2D eigenvalue weighted by Crippen LogP contribution is -2.57. The van der Waals surface area contributed by atoms with Crippen LogP contribution in [0.15, 0.2) is 18.3 Å². The summed E-state index contributed by atoms with van der Waals surface area (Å²) in [5, 5.41) is 4.05. The van der Waals surface area contributed by atoms with Gasteiger partial charge in [0.05, 0.1) is 4.88 Å². The zero-order valence-corrected chi connectivity index (χ0v) is 12.9. The summed E-state index contributed by atoms with van der Waals surface area (Å²) in [5.74, 6) is 0.489. The average Bonchev–Trinajstić information content (AvgIpc) is 2.98. The first-order chi connectivity index (χ1) is 10.7. The Morgan fingerprint density at radius 1 is 1.36 bits per heavy atom. The molecule has 1 N–H and O–H groups in total. The number of nitrogens with zero attached hydrogens (tertiary/aromatic N) is 2. The fourth-order valence-corrected chi connectivity index (χ4v) is 4.40. The first-order valence-electron chi connectivity index (χ1n) is 7.61. The molecule has 114 valence electrons. The molecule has 0 radical (unpaired) electrons. The lowest BCUT2D eigenvalue weighted by atomic mass is 9.84. The third-order valence-corrected chi connectivity index (χ3v) is 5.77. The molecule has 5 rings (SSSR count). The number of nitrogens with one attached hydrogen (secondary N) is 1. The van der Waals surface area contributed by atoms with Crippen LogP contribution >= 0.6 is 11.3 Å². The highest BCUT2D eigenvalue weighted by atomic mass is 32.1. The van der Waals surface area contributed by atoms with E-state index in [1.54, 1.807) is 18.3 Å². The molecular formula is C16H17N3O2S. The van der Waals surface area contributed by atoms with E-state index in [1.165, 1.54) is 24.2 Å². The first kappa shape index (κ1) is 13.8. The summed E-state index contributed by atoms with van der Waals surface area (Å²) in [7, 11) is 0. The van der Waals surface area contributed by atoms with E-state index in [2.05, 4.69) is 15.2 Å². The Labute approximate surface area is 132 Å². The largest absolute Gasteiger partial charge is 0.346 e. The zero-order valence-electron chi connectivity index (χ0n) is 12.1. The summed E-state index contributed by atoms with van der Waals surface area (Å²) in [5.41, 5.74) is 0.434. The van der Waals surface area contributed by atoms with Gasteiger partial charge in [0.2, 0.25) is 0 Å². The summed E-state index contributed by atoms with van der Waals surface area (Å²) in [6, 6.07) is 3.82. The smallest absolute Gasteiger partial charge is 0.270 e. The second kappa shape index (κ2) is 5.44. The molecule has 5 heterocycles. The van der Waals surface area contributed by atoms with Crippen LogP contribution in [0.25, 0.3) is 10.1 Å². The number of amides is 1. The van der Waals surface area contributed by atoms with Crippen LogP contribution in [0.2, 0.25) is 0 Å². The molecular weight excluding hydrogens is 298 g/mol. The fourth-order valence-electron chi connectivity index (χ4n) is 3.51. The van der Waals surface area contributed by atoms with Crippen molar-refractivity contribution in [1.82, 2.24) is 15.2 Å². The number of carbonyl (C=O) groups is 2. The van der Waals surface area contributed by atoms with E-state index in [1.807, 2.05) is 0 Å². The number of thiophene rings is 1. The van der Waals surface area contributed by atoms with Crippen molar-refractivity contribution in [2.24, 2.45) is 5.92 Å². The van der Waals surface area contributed by atoms with Crippen molar-refractivity contribution in [2.45, 2.75) is 18.9 Å². The quantitative estimate of drug-likeness (QED) is 0.879. The molecule has 5 nitrogen and oxygen atoms in total. The van der Waals surface area contributed by atoms with Gasteiger partial charge in [-0.05, 0) is 44.0 Å². The van der Waals surface area contributed by atoms with Crippen LogP contribution in [0.3, 0.4) is 0 Å². The average molecular weight is 315 g/mol. The number of piperidine rings is 3. The van der Waals surface area contributed by atoms with Crippen molar-refractivity contribution < 1.29 is 9.59 Å². The number of pyridine rings is 1. The van der Waals surface area contributed by atoms with Gasteiger partial charge in [0.25, 0.3) is 5.91 Å². The van der Waals surface area contributed by atoms with Crippen molar-refractivity contribution in [3.05, 3.63) is 28.9 Å². The number of hydrogen-bond acceptors (Lipinski definition) is 5. The normalized spacial score (nSPS) is 27.0. The highest BCUT2D eigenvalue weighted by Gasteiger charge is 2.35. The molecule has 3 saturated heterocycles.